The number of hydrogen-bond donors (Lipinski definition) is 0. The summed E-state index contributed by atoms with van der Waals surface area (Å²) in [6.07, 6.45) is 3.75. The summed E-state index contributed by atoms with van der Waals surface area (Å²) >= 11 is 0. The van der Waals surface area contributed by atoms with E-state index >= 15 is 0 Å². The molecule has 2 fully saturated rings. The zero-order valence-electron chi connectivity index (χ0n) is 22.8. The highest BCUT2D eigenvalue weighted by Gasteiger charge is 2.36. The van der Waals surface area contributed by atoms with Crippen molar-refractivity contribution in [1.29, 1.82) is 5.26 Å². The average molecular weight is 519 g/mol. The lowest BCUT2D eigenvalue weighted by Gasteiger charge is -2.49. The van der Waals surface area contributed by atoms with Gasteiger partial charge in [0, 0.05) is 50.2 Å². The third kappa shape index (κ3) is 5.03. The molecule has 2 saturated heterocycles. The van der Waals surface area contributed by atoms with Crippen LogP contribution < -0.4 is 15.2 Å². The van der Waals surface area contributed by atoms with E-state index in [0.717, 1.165) is 61.6 Å². The third-order valence-corrected chi connectivity index (χ3v) is 8.21. The summed E-state index contributed by atoms with van der Waals surface area (Å²) in [4.78, 5) is 17.9. The molecule has 0 bridgehead atoms. The molecule has 5 rings (SSSR count). The Balaban J connectivity index is 1.38. The van der Waals surface area contributed by atoms with E-state index in [-0.39, 0.29) is 24.2 Å². The van der Waals surface area contributed by atoms with Crippen molar-refractivity contribution in [3.8, 4) is 11.8 Å². The van der Waals surface area contributed by atoms with Gasteiger partial charge in [-0.3, -0.25) is 14.4 Å². The lowest BCUT2D eigenvalue weighted by molar-refractivity contribution is -0.0508. The maximum absolute atomic E-state index is 12.9. The van der Waals surface area contributed by atoms with E-state index in [1.54, 1.807) is 28.6 Å². The predicted molar refractivity (Wildman–Crippen MR) is 147 cm³/mol. The van der Waals surface area contributed by atoms with Crippen molar-refractivity contribution in [1.82, 2.24) is 19.2 Å². The van der Waals surface area contributed by atoms with E-state index < -0.39 is 0 Å². The molecule has 3 aromatic rings. The Kier molecular flexibility index (Phi) is 7.73. The first kappa shape index (κ1) is 26.3. The Morgan fingerprint density at radius 2 is 1.89 bits per heavy atom. The van der Waals surface area contributed by atoms with Gasteiger partial charge in [0.05, 0.1) is 43.3 Å². The monoisotopic (exact) mass is 518 g/mol. The minimum Gasteiger partial charge on any atom is -0.493 e. The van der Waals surface area contributed by atoms with Crippen LogP contribution in [0.4, 0.5) is 5.69 Å². The van der Waals surface area contributed by atoms with Gasteiger partial charge >= 0.3 is 0 Å². The average Bonchev–Trinajstić information content (AvgIpc) is 3.33. The molecule has 9 heteroatoms. The minimum absolute atomic E-state index is 0.0603. The minimum atomic E-state index is -0.0603. The highest BCUT2D eigenvalue weighted by Crippen LogP contribution is 2.34. The first-order chi connectivity index (χ1) is 18.4. The van der Waals surface area contributed by atoms with Gasteiger partial charge in [-0.1, -0.05) is 26.0 Å². The molecule has 0 radical (unpaired) electrons. The Bertz CT molecular complexity index is 1350. The lowest BCUT2D eigenvalue weighted by Crippen LogP contribution is -2.58. The van der Waals surface area contributed by atoms with Crippen molar-refractivity contribution in [2.24, 2.45) is 13.0 Å². The van der Waals surface area contributed by atoms with Crippen LogP contribution in [0, 0.1) is 17.2 Å². The van der Waals surface area contributed by atoms with Gasteiger partial charge in [0.15, 0.2) is 0 Å². The highest BCUT2D eigenvalue weighted by atomic mass is 16.5. The van der Waals surface area contributed by atoms with Crippen LogP contribution in [-0.4, -0.2) is 64.2 Å². The van der Waals surface area contributed by atoms with Gasteiger partial charge in [0.2, 0.25) is 0 Å². The fourth-order valence-corrected chi connectivity index (χ4v) is 5.70. The number of nitriles is 1. The Hall–Kier alpha value is -3.35. The van der Waals surface area contributed by atoms with E-state index in [0.29, 0.717) is 18.6 Å². The zero-order valence-corrected chi connectivity index (χ0v) is 22.8. The van der Waals surface area contributed by atoms with Gasteiger partial charge in [-0.05, 0) is 37.5 Å². The van der Waals surface area contributed by atoms with Gasteiger partial charge in [0.25, 0.3) is 5.56 Å². The van der Waals surface area contributed by atoms with Crippen molar-refractivity contribution < 1.29 is 9.47 Å². The molecular weight excluding hydrogens is 480 g/mol. The summed E-state index contributed by atoms with van der Waals surface area (Å²) in [5, 5.41) is 13.9. The number of hydrogen-bond acceptors (Lipinski definition) is 7. The topological polar surface area (TPSA) is 88.5 Å². The van der Waals surface area contributed by atoms with Crippen molar-refractivity contribution in [3.63, 3.8) is 0 Å². The van der Waals surface area contributed by atoms with E-state index in [2.05, 4.69) is 60.9 Å². The smallest absolute Gasteiger partial charge is 0.252 e. The number of fused-ring (bicyclic) bond motifs is 1. The molecule has 1 unspecified atom stereocenters. The van der Waals surface area contributed by atoms with Crippen LogP contribution >= 0.6 is 0 Å². The molecular formula is C29H38N6O3. The quantitative estimate of drug-likeness (QED) is 0.427. The van der Waals surface area contributed by atoms with Gasteiger partial charge in [0.1, 0.15) is 17.8 Å². The second-order valence-electron chi connectivity index (χ2n) is 10.6. The number of aryl methyl sites for hydroxylation is 1. The summed E-state index contributed by atoms with van der Waals surface area (Å²) in [6, 6.07) is 13.2. The van der Waals surface area contributed by atoms with E-state index in [1.165, 1.54) is 5.56 Å². The number of benzene rings is 1. The number of nitrogens with zero attached hydrogens (tertiary/aromatic N) is 6. The molecule has 0 spiro atoms. The van der Waals surface area contributed by atoms with Crippen LogP contribution in [0.1, 0.15) is 45.2 Å². The number of aromatic nitrogens is 3. The lowest BCUT2D eigenvalue weighted by atomic mass is 9.96. The maximum Gasteiger partial charge on any atom is 0.252 e. The van der Waals surface area contributed by atoms with E-state index in [1.807, 2.05) is 0 Å². The molecule has 2 aliphatic rings. The number of pyridine rings is 1. The van der Waals surface area contributed by atoms with Gasteiger partial charge in [-0.2, -0.15) is 10.4 Å². The number of ether oxygens (including phenoxy) is 2. The zero-order chi connectivity index (χ0) is 26.8. The second-order valence-corrected chi connectivity index (χ2v) is 10.6. The van der Waals surface area contributed by atoms with Gasteiger partial charge in [-0.25, -0.2) is 0 Å². The van der Waals surface area contributed by atoms with Crippen molar-refractivity contribution in [2.45, 2.75) is 58.3 Å². The summed E-state index contributed by atoms with van der Waals surface area (Å²) in [5.41, 5.74) is 3.62. The first-order valence-electron chi connectivity index (χ1n) is 13.7. The third-order valence-electron chi connectivity index (χ3n) is 8.21. The molecule has 1 aromatic carbocycles. The van der Waals surface area contributed by atoms with Crippen LogP contribution in [0.25, 0.3) is 11.0 Å². The number of rotatable bonds is 9. The van der Waals surface area contributed by atoms with E-state index in [9.17, 15) is 10.1 Å². The fourth-order valence-electron chi connectivity index (χ4n) is 5.70. The van der Waals surface area contributed by atoms with Crippen molar-refractivity contribution in [2.75, 3.05) is 37.8 Å². The number of piperazine rings is 1. The molecule has 0 amide bonds. The highest BCUT2D eigenvalue weighted by molar-refractivity contribution is 5.88. The molecule has 3 atom stereocenters. The van der Waals surface area contributed by atoms with Crippen LogP contribution in [0.2, 0.25) is 0 Å². The Morgan fingerprint density at radius 1 is 1.16 bits per heavy atom. The van der Waals surface area contributed by atoms with Crippen LogP contribution in [0.5, 0.6) is 5.75 Å². The largest absolute Gasteiger partial charge is 0.493 e. The van der Waals surface area contributed by atoms with Crippen LogP contribution in [0.15, 0.2) is 41.3 Å². The molecule has 2 aromatic heterocycles. The molecule has 0 aliphatic carbocycles. The summed E-state index contributed by atoms with van der Waals surface area (Å²) in [5.74, 6) is 1.41. The van der Waals surface area contributed by atoms with Crippen LogP contribution in [0.3, 0.4) is 0 Å². The Labute approximate surface area is 224 Å². The molecule has 2 aliphatic heterocycles. The summed E-state index contributed by atoms with van der Waals surface area (Å²) in [7, 11) is 1.76. The van der Waals surface area contributed by atoms with Crippen LogP contribution in [-0.2, 0) is 18.3 Å². The first-order valence-corrected chi connectivity index (χ1v) is 13.7. The van der Waals surface area contributed by atoms with Crippen molar-refractivity contribution >= 4 is 16.7 Å². The predicted octanol–water partition coefficient (Wildman–Crippen LogP) is 3.72. The van der Waals surface area contributed by atoms with Crippen molar-refractivity contribution in [3.05, 3.63) is 52.4 Å². The second kappa shape index (κ2) is 11.2. The molecule has 0 saturated carbocycles. The SMILES string of the molecule is CC[C@H]1CN(C(C)c2ccc(OCC3COC3)cc2)[C@H](CC)CN1c1cc(=O)n(C)c2cn(CC#N)nc12. The molecule has 0 N–H and O–H groups in total. The Morgan fingerprint density at radius 3 is 2.53 bits per heavy atom. The fraction of sp³-hybridized carbons (Fsp3) is 0.552. The summed E-state index contributed by atoms with van der Waals surface area (Å²) < 4.78 is 14.4. The normalized spacial score (nSPS) is 21.3. The maximum atomic E-state index is 12.9. The molecule has 38 heavy (non-hydrogen) atoms. The van der Waals surface area contributed by atoms with Gasteiger partial charge in [-0.15, -0.1) is 0 Å². The van der Waals surface area contributed by atoms with E-state index in [4.69, 9.17) is 14.6 Å². The van der Waals surface area contributed by atoms with Gasteiger partial charge < -0.3 is 18.9 Å². The number of anilines is 1. The summed E-state index contributed by atoms with van der Waals surface area (Å²) in [6.45, 7) is 10.9. The molecule has 9 nitrogen and oxygen atoms in total. The standard InChI is InChI=1S/C29H38N6O3/c1-5-23-15-35(26-13-28(36)32(4)27-16-33(12-11-30)31-29(26)27)24(6-2)14-34(23)20(3)22-7-9-25(10-8-22)38-19-21-17-37-18-21/h7-10,13,16,20-21,23-24H,5-6,12,14-15,17-19H2,1-4H3/t20?,23-,24+/m1/s1. The molecule has 202 valence electrons. The molecule has 4 heterocycles.